The maximum Gasteiger partial charge on any atom is 0.410 e. The van der Waals surface area contributed by atoms with Crippen LogP contribution in [0.1, 0.15) is 56.6 Å². The summed E-state index contributed by atoms with van der Waals surface area (Å²) in [5.41, 5.74) is 2.21. The lowest BCUT2D eigenvalue weighted by molar-refractivity contribution is -0.0379. The number of ether oxygens (including phenoxy) is 3. The molecule has 1 amide bonds. The lowest BCUT2D eigenvalue weighted by Crippen LogP contribution is -2.52. The van der Waals surface area contributed by atoms with E-state index in [0.717, 1.165) is 24.8 Å². The molecule has 9 heteroatoms. The van der Waals surface area contributed by atoms with Crippen molar-refractivity contribution < 1.29 is 27.4 Å². The molecule has 1 aliphatic heterocycles. The van der Waals surface area contributed by atoms with Crippen molar-refractivity contribution >= 4 is 16.1 Å². The van der Waals surface area contributed by atoms with Crippen LogP contribution in [0.2, 0.25) is 0 Å². The molecule has 4 rings (SSSR count). The van der Waals surface area contributed by atoms with Gasteiger partial charge in [0.1, 0.15) is 5.75 Å². The van der Waals surface area contributed by atoms with Crippen LogP contribution in [-0.2, 0) is 26.0 Å². The first kappa shape index (κ1) is 29.4. The molecule has 0 radical (unpaired) electrons. The zero-order valence-electron chi connectivity index (χ0n) is 23.7. The molecule has 2 aromatic rings. The Hall–Kier alpha value is -2.62. The molecule has 1 saturated heterocycles. The smallest absolute Gasteiger partial charge is 0.410 e. The van der Waals surface area contributed by atoms with Gasteiger partial charge < -0.3 is 14.2 Å². The lowest BCUT2D eigenvalue weighted by Gasteiger charge is -2.38. The zero-order valence-corrected chi connectivity index (χ0v) is 24.5. The third-order valence-corrected chi connectivity index (χ3v) is 9.63. The van der Waals surface area contributed by atoms with Crippen molar-refractivity contribution in [2.24, 2.45) is 5.92 Å². The van der Waals surface area contributed by atoms with E-state index in [0.29, 0.717) is 24.0 Å². The van der Waals surface area contributed by atoms with Crippen LogP contribution < -0.4 is 4.74 Å². The van der Waals surface area contributed by atoms with E-state index in [1.165, 1.54) is 23.2 Å². The zero-order chi connectivity index (χ0) is 28.2. The second-order valence-corrected chi connectivity index (χ2v) is 13.0. The van der Waals surface area contributed by atoms with Gasteiger partial charge in [0.05, 0.1) is 39.2 Å². The number of nitrogens with zero attached hydrogens (tertiary/aromatic N) is 2. The maximum absolute atomic E-state index is 13.1. The van der Waals surface area contributed by atoms with Crippen LogP contribution in [0.15, 0.2) is 54.6 Å². The minimum Gasteiger partial charge on any atom is -0.497 e. The summed E-state index contributed by atoms with van der Waals surface area (Å²) in [6, 6.07) is 16.9. The molecule has 3 unspecified atom stereocenters. The Kier molecular flexibility index (Phi) is 9.56. The third kappa shape index (κ3) is 6.94. The topological polar surface area (TPSA) is 85.4 Å². The number of carbonyl (C=O) groups excluding carboxylic acids is 1. The molecule has 2 aromatic carbocycles. The molecular weight excluding hydrogens is 516 g/mol. The van der Waals surface area contributed by atoms with Gasteiger partial charge in [-0.2, -0.15) is 4.31 Å². The Morgan fingerprint density at radius 2 is 1.69 bits per heavy atom. The van der Waals surface area contributed by atoms with Gasteiger partial charge in [-0.25, -0.2) is 13.2 Å². The van der Waals surface area contributed by atoms with Crippen molar-refractivity contribution in [3.8, 4) is 5.75 Å². The van der Waals surface area contributed by atoms with Crippen molar-refractivity contribution in [3.05, 3.63) is 65.7 Å². The molecule has 8 nitrogen and oxygen atoms in total. The number of methoxy groups -OCH3 is 2. The van der Waals surface area contributed by atoms with Gasteiger partial charge in [0.2, 0.25) is 10.0 Å². The predicted molar refractivity (Wildman–Crippen MR) is 151 cm³/mol. The highest BCUT2D eigenvalue weighted by atomic mass is 32.2. The second-order valence-electron chi connectivity index (χ2n) is 11.0. The molecule has 2 aliphatic rings. The number of sulfonamides is 1. The van der Waals surface area contributed by atoms with Crippen LogP contribution in [0.25, 0.3) is 0 Å². The van der Waals surface area contributed by atoms with Gasteiger partial charge in [-0.05, 0) is 67.7 Å². The number of amides is 1. The fourth-order valence-electron chi connectivity index (χ4n) is 6.31. The first-order valence-electron chi connectivity index (χ1n) is 13.7. The van der Waals surface area contributed by atoms with Crippen LogP contribution in [0.5, 0.6) is 5.75 Å². The van der Waals surface area contributed by atoms with Gasteiger partial charge in [0.25, 0.3) is 0 Å². The summed E-state index contributed by atoms with van der Waals surface area (Å²) in [7, 11) is -0.643. The number of likely N-dealkylation sites (tertiary alicyclic amines) is 1. The summed E-state index contributed by atoms with van der Waals surface area (Å²) in [6.45, 7) is 4.61. The van der Waals surface area contributed by atoms with Gasteiger partial charge in [0.15, 0.2) is 0 Å². The van der Waals surface area contributed by atoms with Crippen LogP contribution in [0.4, 0.5) is 4.79 Å². The molecule has 214 valence electrons. The van der Waals surface area contributed by atoms with E-state index in [1.54, 1.807) is 12.0 Å². The molecule has 6 atom stereocenters. The molecule has 1 aliphatic carbocycles. The third-order valence-electron chi connectivity index (χ3n) is 8.38. The molecule has 0 N–H and O–H groups in total. The summed E-state index contributed by atoms with van der Waals surface area (Å²) in [5, 5.41) is 0. The number of hydrogen-bond donors (Lipinski definition) is 0. The average Bonchev–Trinajstić information content (AvgIpc) is 3.25. The Morgan fingerprint density at radius 1 is 1.00 bits per heavy atom. The minimum absolute atomic E-state index is 0.0503. The Labute approximate surface area is 233 Å². The number of hydrogen-bond acceptors (Lipinski definition) is 6. The first-order chi connectivity index (χ1) is 18.6. The van der Waals surface area contributed by atoms with Crippen molar-refractivity contribution in [1.29, 1.82) is 0 Å². The summed E-state index contributed by atoms with van der Waals surface area (Å²) >= 11 is 0. The highest BCUT2D eigenvalue weighted by Crippen LogP contribution is 2.38. The number of rotatable bonds is 9. The predicted octanol–water partition coefficient (Wildman–Crippen LogP) is 5.04. The molecule has 39 heavy (non-hydrogen) atoms. The van der Waals surface area contributed by atoms with Crippen LogP contribution >= 0.6 is 0 Å². The first-order valence-corrected chi connectivity index (χ1v) is 15.6. The van der Waals surface area contributed by atoms with E-state index < -0.39 is 28.2 Å². The number of benzene rings is 2. The van der Waals surface area contributed by atoms with Gasteiger partial charge in [-0.3, -0.25) is 4.90 Å². The largest absolute Gasteiger partial charge is 0.497 e. The van der Waals surface area contributed by atoms with Crippen molar-refractivity contribution in [3.63, 3.8) is 0 Å². The summed E-state index contributed by atoms with van der Waals surface area (Å²) in [5.74, 6) is 1.56. The Bertz CT molecular complexity index is 1190. The van der Waals surface area contributed by atoms with E-state index in [9.17, 15) is 13.2 Å². The van der Waals surface area contributed by atoms with Crippen LogP contribution in [0, 0.1) is 5.92 Å². The van der Waals surface area contributed by atoms with E-state index >= 15 is 0 Å². The van der Waals surface area contributed by atoms with E-state index in [1.807, 2.05) is 37.3 Å². The molecule has 0 spiro atoms. The fourth-order valence-corrected chi connectivity index (χ4v) is 7.41. The normalized spacial score (nSPS) is 27.5. The monoisotopic (exact) mass is 558 g/mol. The fraction of sp³-hybridized carbons (Fsp3) is 0.567. The molecule has 1 saturated carbocycles. The van der Waals surface area contributed by atoms with Gasteiger partial charge >= 0.3 is 6.09 Å². The number of carbonyl (C=O) groups is 1. The molecule has 0 bridgehead atoms. The average molecular weight is 559 g/mol. The quantitative estimate of drug-likeness (QED) is 0.429. The van der Waals surface area contributed by atoms with Crippen LogP contribution in [-0.4, -0.2) is 75.0 Å². The summed E-state index contributed by atoms with van der Waals surface area (Å²) in [4.78, 5) is 14.5. The van der Waals surface area contributed by atoms with E-state index in [4.69, 9.17) is 14.2 Å². The molecular formula is C30H42N2O6S. The van der Waals surface area contributed by atoms with Crippen molar-refractivity contribution in [2.75, 3.05) is 27.1 Å². The highest BCUT2D eigenvalue weighted by molar-refractivity contribution is 7.88. The van der Waals surface area contributed by atoms with Gasteiger partial charge in [0, 0.05) is 18.6 Å². The van der Waals surface area contributed by atoms with Crippen molar-refractivity contribution in [2.45, 2.75) is 76.2 Å². The maximum atomic E-state index is 13.1. The molecule has 2 fully saturated rings. The Morgan fingerprint density at radius 3 is 2.28 bits per heavy atom. The minimum atomic E-state index is -3.60. The summed E-state index contributed by atoms with van der Waals surface area (Å²) in [6.07, 6.45) is 4.32. The molecule has 1 heterocycles. The molecule has 0 aromatic heterocycles. The lowest BCUT2D eigenvalue weighted by atomic mass is 9.77. The highest BCUT2D eigenvalue weighted by Gasteiger charge is 2.48. The Balaban J connectivity index is 1.52. The van der Waals surface area contributed by atoms with Crippen LogP contribution in [0.3, 0.4) is 0 Å². The summed E-state index contributed by atoms with van der Waals surface area (Å²) < 4.78 is 44.6. The van der Waals surface area contributed by atoms with Crippen molar-refractivity contribution in [1.82, 2.24) is 9.21 Å². The van der Waals surface area contributed by atoms with Gasteiger partial charge in [-0.15, -0.1) is 0 Å². The van der Waals surface area contributed by atoms with E-state index in [2.05, 4.69) is 31.2 Å². The van der Waals surface area contributed by atoms with Gasteiger partial charge in [-0.1, -0.05) is 49.4 Å². The second kappa shape index (κ2) is 12.7. The SMILES string of the molecule is COC(=O)N1[C@H](C)C[C@H](N(Cc2ccc(OC)cc2)S(C)(=O)=O)[C@@H]1COC1CCC(c2ccccc2)CC1C. The van der Waals surface area contributed by atoms with E-state index in [-0.39, 0.29) is 25.3 Å². The standard InChI is InChI=1S/C30H42N2O6S/c1-21-17-25(24-9-7-6-8-10-24)13-16-29(21)38-20-28-27(18-22(2)32(28)30(33)37-4)31(39(5,34)35)19-23-11-14-26(36-3)15-12-23/h6-12,14-15,21-22,25,27-29H,13,16-20H2,1-5H3/t21?,22-,25?,27+,28+,29?/m1/s1.